The number of nitrogens with zero attached hydrogens (tertiary/aromatic N) is 1. The Labute approximate surface area is 71.2 Å². The Bertz CT molecular complexity index is 209. The maximum absolute atomic E-state index is 11.6. The molecule has 12 heavy (non-hydrogen) atoms. The first-order valence-electron chi connectivity index (χ1n) is 3.23. The van der Waals surface area contributed by atoms with Crippen LogP contribution in [0.15, 0.2) is 4.36 Å². The Morgan fingerprint density at radius 2 is 1.83 bits per heavy atom. The number of amides is 1. The van der Waals surface area contributed by atoms with Crippen molar-refractivity contribution >= 4 is 16.6 Å². The quantitative estimate of drug-likeness (QED) is 0.637. The van der Waals surface area contributed by atoms with Crippen LogP contribution >= 0.6 is 0 Å². The summed E-state index contributed by atoms with van der Waals surface area (Å²) < 4.78 is 37.9. The van der Waals surface area contributed by atoms with Crippen molar-refractivity contribution < 1.29 is 18.0 Å². The van der Waals surface area contributed by atoms with E-state index in [1.165, 1.54) is 6.26 Å². The fourth-order valence-electron chi connectivity index (χ4n) is 0.288. The summed E-state index contributed by atoms with van der Waals surface area (Å²) in [6, 6.07) is 0. The highest BCUT2D eigenvalue weighted by molar-refractivity contribution is 7.87. The van der Waals surface area contributed by atoms with Crippen LogP contribution in [0, 0.1) is 0 Å². The number of hydrogen-bond acceptors (Lipinski definition) is 1. The van der Waals surface area contributed by atoms with Crippen molar-refractivity contribution in [2.75, 3.05) is 6.26 Å². The van der Waals surface area contributed by atoms with E-state index in [-0.39, 0.29) is 5.25 Å². The van der Waals surface area contributed by atoms with Crippen molar-refractivity contribution in [2.24, 2.45) is 4.36 Å². The third-order valence-corrected chi connectivity index (χ3v) is 2.97. The summed E-state index contributed by atoms with van der Waals surface area (Å²) in [6.45, 7) is 3.44. The van der Waals surface area contributed by atoms with Gasteiger partial charge in [0.15, 0.2) is 0 Å². The molecule has 0 spiro atoms. The average molecular weight is 201 g/mol. The van der Waals surface area contributed by atoms with E-state index < -0.39 is 22.8 Å². The van der Waals surface area contributed by atoms with Crippen LogP contribution in [-0.2, 0) is 15.5 Å². The van der Waals surface area contributed by atoms with E-state index in [1.807, 2.05) is 0 Å². The second-order valence-corrected chi connectivity index (χ2v) is 4.64. The Balaban J connectivity index is 4.46. The first-order chi connectivity index (χ1) is 5.25. The molecule has 0 saturated heterocycles. The Morgan fingerprint density at radius 1 is 1.42 bits per heavy atom. The van der Waals surface area contributed by atoms with E-state index in [2.05, 4.69) is 4.36 Å². The molecule has 0 aliphatic carbocycles. The van der Waals surface area contributed by atoms with E-state index in [4.69, 9.17) is 0 Å². The highest BCUT2D eigenvalue weighted by Gasteiger charge is 2.38. The van der Waals surface area contributed by atoms with E-state index in [0.29, 0.717) is 0 Å². The van der Waals surface area contributed by atoms with Gasteiger partial charge in [-0.2, -0.15) is 17.5 Å². The summed E-state index contributed by atoms with van der Waals surface area (Å²) in [5.74, 6) is -1.98. The summed E-state index contributed by atoms with van der Waals surface area (Å²) in [7, 11) is -0.843. The maximum atomic E-state index is 11.6. The summed E-state index contributed by atoms with van der Waals surface area (Å²) in [5.41, 5.74) is 0. The normalized spacial score (nSPS) is 15.2. The van der Waals surface area contributed by atoms with Crippen LogP contribution in [0.2, 0.25) is 0 Å². The minimum absolute atomic E-state index is 0.0312. The number of hydrogen-bond donors (Lipinski definition) is 0. The van der Waals surface area contributed by atoms with Crippen LogP contribution in [-0.4, -0.2) is 23.6 Å². The second-order valence-electron chi connectivity index (χ2n) is 2.47. The summed E-state index contributed by atoms with van der Waals surface area (Å²) in [4.78, 5) is 10.3. The van der Waals surface area contributed by atoms with Gasteiger partial charge in [0.05, 0.1) is 0 Å². The fraction of sp³-hybridized carbons (Fsp3) is 0.833. The van der Waals surface area contributed by atoms with Crippen molar-refractivity contribution in [2.45, 2.75) is 25.3 Å². The highest BCUT2D eigenvalue weighted by Crippen LogP contribution is 2.17. The maximum Gasteiger partial charge on any atom is 0.474 e. The molecule has 1 unspecified atom stereocenters. The molecular weight excluding hydrogens is 191 g/mol. The lowest BCUT2D eigenvalue weighted by atomic mass is 10.6. The fourth-order valence-corrected chi connectivity index (χ4v) is 0.864. The molecule has 1 amide bonds. The number of alkyl halides is 3. The highest BCUT2D eigenvalue weighted by atomic mass is 32.2. The van der Waals surface area contributed by atoms with Gasteiger partial charge in [0.25, 0.3) is 0 Å². The molecule has 72 valence electrons. The predicted molar refractivity (Wildman–Crippen MR) is 41.9 cm³/mol. The third kappa shape index (κ3) is 3.85. The lowest BCUT2D eigenvalue weighted by molar-refractivity contribution is -0.169. The van der Waals surface area contributed by atoms with Crippen LogP contribution in [0.4, 0.5) is 13.2 Å². The number of carbonyl (C=O) groups excluding carboxylic acids is 1. The molecule has 0 aromatic heterocycles. The molecule has 0 aliphatic rings. The zero-order valence-corrected chi connectivity index (χ0v) is 7.79. The van der Waals surface area contributed by atoms with E-state index in [9.17, 15) is 18.0 Å². The second kappa shape index (κ2) is 4.02. The number of rotatable bonds is 1. The SMILES string of the molecule is CC(C)S(C)=NC(=O)C(F)(F)F. The molecule has 0 radical (unpaired) electrons. The van der Waals surface area contributed by atoms with Gasteiger partial charge in [-0.15, -0.1) is 0 Å². The Kier molecular flexibility index (Phi) is 3.89. The van der Waals surface area contributed by atoms with Gasteiger partial charge < -0.3 is 0 Å². The van der Waals surface area contributed by atoms with Gasteiger partial charge in [0.2, 0.25) is 0 Å². The molecular formula is C6H10F3NOS. The minimum Gasteiger partial charge on any atom is -0.261 e. The molecule has 0 aromatic carbocycles. The Morgan fingerprint density at radius 3 is 2.08 bits per heavy atom. The summed E-state index contributed by atoms with van der Waals surface area (Å²) in [6.07, 6.45) is -3.32. The van der Waals surface area contributed by atoms with Crippen LogP contribution in [0.1, 0.15) is 13.8 Å². The topological polar surface area (TPSA) is 29.4 Å². The van der Waals surface area contributed by atoms with Gasteiger partial charge in [-0.3, -0.25) is 4.79 Å². The van der Waals surface area contributed by atoms with E-state index in [0.717, 1.165) is 0 Å². The molecule has 0 fully saturated rings. The molecule has 0 aromatic rings. The molecule has 0 N–H and O–H groups in total. The first-order valence-corrected chi connectivity index (χ1v) is 4.88. The molecule has 0 heterocycles. The van der Waals surface area contributed by atoms with Crippen molar-refractivity contribution in [1.29, 1.82) is 0 Å². The molecule has 1 atom stereocenters. The predicted octanol–water partition coefficient (Wildman–Crippen LogP) is 1.92. The lowest BCUT2D eigenvalue weighted by Gasteiger charge is -2.05. The molecule has 0 saturated carbocycles. The molecule has 6 heteroatoms. The summed E-state index contributed by atoms with van der Waals surface area (Å²) >= 11 is 0. The zero-order chi connectivity index (χ0) is 9.94. The molecule has 0 aliphatic heterocycles. The number of carbonyl (C=O) groups is 1. The van der Waals surface area contributed by atoms with Gasteiger partial charge in [-0.25, -0.2) is 0 Å². The van der Waals surface area contributed by atoms with Crippen molar-refractivity contribution in [1.82, 2.24) is 0 Å². The van der Waals surface area contributed by atoms with Gasteiger partial charge in [0, 0.05) is 5.25 Å². The minimum atomic E-state index is -4.82. The molecule has 0 rings (SSSR count). The van der Waals surface area contributed by atoms with Crippen LogP contribution in [0.3, 0.4) is 0 Å². The van der Waals surface area contributed by atoms with Gasteiger partial charge in [-0.1, -0.05) is 24.5 Å². The average Bonchev–Trinajstić information content (AvgIpc) is 1.85. The van der Waals surface area contributed by atoms with Gasteiger partial charge >= 0.3 is 12.1 Å². The van der Waals surface area contributed by atoms with Crippen LogP contribution in [0.25, 0.3) is 0 Å². The number of halogens is 3. The van der Waals surface area contributed by atoms with Crippen LogP contribution < -0.4 is 0 Å². The summed E-state index contributed by atoms with van der Waals surface area (Å²) in [5, 5.41) is -0.0312. The van der Waals surface area contributed by atoms with Crippen molar-refractivity contribution in [3.05, 3.63) is 0 Å². The van der Waals surface area contributed by atoms with Gasteiger partial charge in [-0.05, 0) is 6.26 Å². The molecule has 2 nitrogen and oxygen atoms in total. The monoisotopic (exact) mass is 201 g/mol. The van der Waals surface area contributed by atoms with Crippen molar-refractivity contribution in [3.8, 4) is 0 Å². The molecule has 0 bridgehead atoms. The standard InChI is InChI=1S/C6H10F3NOS/c1-4(2)12(3)10-5(11)6(7,8)9/h4H,1-3H3. The van der Waals surface area contributed by atoms with Crippen LogP contribution in [0.5, 0.6) is 0 Å². The van der Waals surface area contributed by atoms with Crippen molar-refractivity contribution in [3.63, 3.8) is 0 Å². The van der Waals surface area contributed by atoms with E-state index >= 15 is 0 Å². The third-order valence-electron chi connectivity index (χ3n) is 1.15. The largest absolute Gasteiger partial charge is 0.474 e. The first kappa shape index (κ1) is 11.6. The zero-order valence-electron chi connectivity index (χ0n) is 6.97. The Hall–Kier alpha value is -0.390. The van der Waals surface area contributed by atoms with E-state index in [1.54, 1.807) is 13.8 Å². The van der Waals surface area contributed by atoms with Gasteiger partial charge in [0.1, 0.15) is 0 Å². The lowest BCUT2D eigenvalue weighted by Crippen LogP contribution is -2.21. The smallest absolute Gasteiger partial charge is 0.261 e.